The van der Waals surface area contributed by atoms with Crippen molar-refractivity contribution >= 4 is 17.7 Å². The lowest BCUT2D eigenvalue weighted by Crippen LogP contribution is -2.23. The van der Waals surface area contributed by atoms with E-state index in [1.807, 2.05) is 31.2 Å². The minimum atomic E-state index is -0.314. The fraction of sp³-hybridized carbons (Fsp3) is 0.115. The second-order valence-corrected chi connectivity index (χ2v) is 8.38. The summed E-state index contributed by atoms with van der Waals surface area (Å²) >= 11 is 1.32. The number of rotatable bonds is 8. The quantitative estimate of drug-likeness (QED) is 0.394. The summed E-state index contributed by atoms with van der Waals surface area (Å²) in [5.74, 6) is 0.254. The lowest BCUT2D eigenvalue weighted by Gasteiger charge is -2.09. The molecular formula is C26H22FN3O3S. The monoisotopic (exact) mass is 475 g/mol. The summed E-state index contributed by atoms with van der Waals surface area (Å²) in [5.41, 5.74) is 1.67. The predicted octanol–water partition coefficient (Wildman–Crippen LogP) is 4.85. The molecule has 0 radical (unpaired) electrons. The van der Waals surface area contributed by atoms with Crippen LogP contribution in [0, 0.1) is 5.82 Å². The van der Waals surface area contributed by atoms with Gasteiger partial charge in [0.25, 0.3) is 11.5 Å². The molecule has 0 atom stereocenters. The number of hydrogen-bond donors (Lipinski definition) is 1. The van der Waals surface area contributed by atoms with Gasteiger partial charge in [-0.1, -0.05) is 23.9 Å². The minimum absolute atomic E-state index is 0.221. The standard InChI is InChI=1S/C26H22FN3O3S/c1-2-33-22-11-3-18(4-12-22)17-28-26(32)19-5-9-21(10-6-19)30-25(31)16-15-24(29-30)34-23-13-7-20(27)8-14-23/h3-16H,2,17H2,1H3,(H,28,32). The van der Waals surface area contributed by atoms with Crippen LogP contribution in [-0.4, -0.2) is 22.3 Å². The highest BCUT2D eigenvalue weighted by Gasteiger charge is 2.09. The molecule has 0 unspecified atom stereocenters. The predicted molar refractivity (Wildman–Crippen MR) is 129 cm³/mol. The van der Waals surface area contributed by atoms with E-state index in [-0.39, 0.29) is 17.3 Å². The average molecular weight is 476 g/mol. The van der Waals surface area contributed by atoms with Gasteiger partial charge in [-0.15, -0.1) is 0 Å². The van der Waals surface area contributed by atoms with Crippen LogP contribution in [0.2, 0.25) is 0 Å². The minimum Gasteiger partial charge on any atom is -0.494 e. The lowest BCUT2D eigenvalue weighted by atomic mass is 10.1. The van der Waals surface area contributed by atoms with Gasteiger partial charge in [-0.25, -0.2) is 4.39 Å². The lowest BCUT2D eigenvalue weighted by molar-refractivity contribution is 0.0951. The van der Waals surface area contributed by atoms with Gasteiger partial charge in [0, 0.05) is 23.1 Å². The number of aromatic nitrogens is 2. The topological polar surface area (TPSA) is 73.2 Å². The Balaban J connectivity index is 1.42. The first-order valence-electron chi connectivity index (χ1n) is 10.7. The second kappa shape index (κ2) is 10.8. The van der Waals surface area contributed by atoms with Crippen LogP contribution < -0.4 is 15.6 Å². The molecule has 0 saturated heterocycles. The fourth-order valence-electron chi connectivity index (χ4n) is 3.17. The van der Waals surface area contributed by atoms with E-state index in [9.17, 15) is 14.0 Å². The van der Waals surface area contributed by atoms with E-state index in [0.717, 1.165) is 16.2 Å². The molecule has 34 heavy (non-hydrogen) atoms. The normalized spacial score (nSPS) is 10.6. The van der Waals surface area contributed by atoms with Crippen molar-refractivity contribution in [2.75, 3.05) is 6.61 Å². The van der Waals surface area contributed by atoms with E-state index in [1.165, 1.54) is 34.6 Å². The van der Waals surface area contributed by atoms with E-state index in [1.54, 1.807) is 42.5 Å². The zero-order chi connectivity index (χ0) is 23.9. The maximum absolute atomic E-state index is 13.1. The third-order valence-corrected chi connectivity index (χ3v) is 5.81. The van der Waals surface area contributed by atoms with Gasteiger partial charge in [-0.2, -0.15) is 9.78 Å². The van der Waals surface area contributed by atoms with Gasteiger partial charge in [-0.05, 0) is 79.2 Å². The summed E-state index contributed by atoms with van der Waals surface area (Å²) in [6.45, 7) is 2.91. The SMILES string of the molecule is CCOc1ccc(CNC(=O)c2ccc(-n3nc(Sc4ccc(F)cc4)ccc3=O)cc2)cc1. The molecule has 172 valence electrons. The number of halogens is 1. The molecular weight excluding hydrogens is 453 g/mol. The maximum Gasteiger partial charge on any atom is 0.271 e. The van der Waals surface area contributed by atoms with Gasteiger partial charge in [0.2, 0.25) is 0 Å². The molecule has 0 aliphatic carbocycles. The number of nitrogens with zero attached hydrogens (tertiary/aromatic N) is 2. The number of carbonyl (C=O) groups excluding carboxylic acids is 1. The third-order valence-electron chi connectivity index (χ3n) is 4.87. The molecule has 1 heterocycles. The van der Waals surface area contributed by atoms with Crippen molar-refractivity contribution in [1.82, 2.24) is 15.1 Å². The van der Waals surface area contributed by atoms with E-state index in [4.69, 9.17) is 4.74 Å². The Morgan fingerprint density at radius 1 is 0.971 bits per heavy atom. The van der Waals surface area contributed by atoms with Crippen LogP contribution in [0.15, 0.2) is 99.6 Å². The molecule has 0 aliphatic heterocycles. The first-order chi connectivity index (χ1) is 16.5. The molecule has 1 N–H and O–H groups in total. The van der Waals surface area contributed by atoms with Crippen molar-refractivity contribution in [3.05, 3.63) is 112 Å². The number of hydrogen-bond acceptors (Lipinski definition) is 5. The average Bonchev–Trinajstić information content (AvgIpc) is 2.86. The van der Waals surface area contributed by atoms with Gasteiger partial charge < -0.3 is 10.1 Å². The molecule has 1 aromatic heterocycles. The molecule has 6 nitrogen and oxygen atoms in total. The number of benzene rings is 3. The van der Waals surface area contributed by atoms with Crippen molar-refractivity contribution in [1.29, 1.82) is 0 Å². The van der Waals surface area contributed by atoms with Crippen LogP contribution in [0.5, 0.6) is 5.75 Å². The van der Waals surface area contributed by atoms with Crippen LogP contribution in [0.25, 0.3) is 5.69 Å². The first-order valence-corrected chi connectivity index (χ1v) is 11.5. The van der Waals surface area contributed by atoms with E-state index in [2.05, 4.69) is 10.4 Å². The Kier molecular flexibility index (Phi) is 7.39. The highest BCUT2D eigenvalue weighted by molar-refractivity contribution is 7.99. The van der Waals surface area contributed by atoms with Gasteiger partial charge in [0.15, 0.2) is 0 Å². The fourth-order valence-corrected chi connectivity index (χ4v) is 3.94. The number of nitrogens with one attached hydrogen (secondary N) is 1. The van der Waals surface area contributed by atoms with Gasteiger partial charge in [0.1, 0.15) is 16.6 Å². The van der Waals surface area contributed by atoms with Crippen molar-refractivity contribution in [2.45, 2.75) is 23.4 Å². The summed E-state index contributed by atoms with van der Waals surface area (Å²) in [6, 6.07) is 23.3. The van der Waals surface area contributed by atoms with E-state index in [0.29, 0.717) is 29.4 Å². The van der Waals surface area contributed by atoms with Crippen LogP contribution in [0.3, 0.4) is 0 Å². The molecule has 1 amide bonds. The van der Waals surface area contributed by atoms with Gasteiger partial charge in [0.05, 0.1) is 12.3 Å². The second-order valence-electron chi connectivity index (χ2n) is 7.28. The number of amides is 1. The molecule has 0 bridgehead atoms. The zero-order valence-corrected chi connectivity index (χ0v) is 19.2. The van der Waals surface area contributed by atoms with Crippen LogP contribution in [0.4, 0.5) is 4.39 Å². The Hall–Kier alpha value is -3.91. The summed E-state index contributed by atoms with van der Waals surface area (Å²) in [4.78, 5) is 25.7. The van der Waals surface area contributed by atoms with Crippen LogP contribution >= 0.6 is 11.8 Å². The van der Waals surface area contributed by atoms with Gasteiger partial charge >= 0.3 is 0 Å². The third kappa shape index (κ3) is 5.90. The molecule has 0 aliphatic rings. The first kappa shape index (κ1) is 23.3. The van der Waals surface area contributed by atoms with E-state index >= 15 is 0 Å². The van der Waals surface area contributed by atoms with Crippen LogP contribution in [0.1, 0.15) is 22.8 Å². The Morgan fingerprint density at radius 2 is 1.68 bits per heavy atom. The van der Waals surface area contributed by atoms with Gasteiger partial charge in [-0.3, -0.25) is 9.59 Å². The summed E-state index contributed by atoms with van der Waals surface area (Å²) in [5, 5.41) is 7.86. The summed E-state index contributed by atoms with van der Waals surface area (Å²) in [6.07, 6.45) is 0. The largest absolute Gasteiger partial charge is 0.494 e. The molecule has 4 rings (SSSR count). The smallest absolute Gasteiger partial charge is 0.271 e. The highest BCUT2D eigenvalue weighted by Crippen LogP contribution is 2.25. The molecule has 8 heteroatoms. The highest BCUT2D eigenvalue weighted by atomic mass is 32.2. The number of carbonyl (C=O) groups is 1. The van der Waals surface area contributed by atoms with Crippen molar-refractivity contribution in [2.24, 2.45) is 0 Å². The van der Waals surface area contributed by atoms with Crippen LogP contribution in [-0.2, 0) is 6.54 Å². The Morgan fingerprint density at radius 3 is 2.35 bits per heavy atom. The Labute approximate surface area is 200 Å². The number of ether oxygens (including phenoxy) is 1. The molecule has 0 fully saturated rings. The van der Waals surface area contributed by atoms with E-state index < -0.39 is 0 Å². The summed E-state index contributed by atoms with van der Waals surface area (Å²) < 4.78 is 19.8. The maximum atomic E-state index is 13.1. The Bertz CT molecular complexity index is 1320. The summed E-state index contributed by atoms with van der Waals surface area (Å²) in [7, 11) is 0. The van der Waals surface area contributed by atoms with Crippen molar-refractivity contribution in [3.63, 3.8) is 0 Å². The molecule has 0 spiro atoms. The molecule has 3 aromatic carbocycles. The van der Waals surface area contributed by atoms with Crippen molar-refractivity contribution < 1.29 is 13.9 Å². The molecule has 4 aromatic rings. The van der Waals surface area contributed by atoms with Crippen molar-refractivity contribution in [3.8, 4) is 11.4 Å². The molecule has 0 saturated carbocycles. The zero-order valence-electron chi connectivity index (χ0n) is 18.4.